The van der Waals surface area contributed by atoms with Crippen molar-refractivity contribution in [2.24, 2.45) is 0 Å². The van der Waals surface area contributed by atoms with Crippen LogP contribution in [-0.2, 0) is 6.54 Å². The van der Waals surface area contributed by atoms with Crippen LogP contribution < -0.4 is 0 Å². The molecule has 0 spiro atoms. The third-order valence-electron chi connectivity index (χ3n) is 2.60. The molecule has 1 aromatic heterocycles. The molecule has 0 aliphatic carbocycles. The molecular formula is C13H12ClFN2O. The lowest BCUT2D eigenvalue weighted by molar-refractivity contribution is 0.0988. The molecule has 0 saturated carbocycles. The lowest BCUT2D eigenvalue weighted by Gasteiger charge is -2.02. The zero-order chi connectivity index (χ0) is 13.1. The quantitative estimate of drug-likeness (QED) is 0.796. The van der Waals surface area contributed by atoms with Gasteiger partial charge in [0.1, 0.15) is 5.82 Å². The Morgan fingerprint density at radius 1 is 1.50 bits per heavy atom. The first-order valence-corrected chi connectivity index (χ1v) is 5.97. The first kappa shape index (κ1) is 12.8. The van der Waals surface area contributed by atoms with Gasteiger partial charge in [-0.1, -0.05) is 24.6 Å². The van der Waals surface area contributed by atoms with E-state index in [0.29, 0.717) is 18.5 Å². The summed E-state index contributed by atoms with van der Waals surface area (Å²) >= 11 is 5.61. The van der Waals surface area contributed by atoms with Crippen LogP contribution in [0.4, 0.5) is 4.39 Å². The van der Waals surface area contributed by atoms with E-state index in [4.69, 9.17) is 11.6 Å². The molecule has 0 aliphatic rings. The van der Waals surface area contributed by atoms with E-state index in [9.17, 15) is 9.18 Å². The molecule has 0 bridgehead atoms. The Bertz CT molecular complexity index is 580. The second-order valence-corrected chi connectivity index (χ2v) is 4.36. The Morgan fingerprint density at radius 3 is 2.94 bits per heavy atom. The molecule has 1 heterocycles. The maximum Gasteiger partial charge on any atom is 0.165 e. The number of nitrogens with zero attached hydrogens (tertiary/aromatic N) is 2. The Hall–Kier alpha value is -1.68. The van der Waals surface area contributed by atoms with Gasteiger partial charge >= 0.3 is 0 Å². The Morgan fingerprint density at radius 2 is 2.28 bits per heavy atom. The van der Waals surface area contributed by atoms with Gasteiger partial charge < -0.3 is 0 Å². The highest BCUT2D eigenvalue weighted by Gasteiger charge is 2.07. The number of ketones is 1. The largest absolute Gasteiger partial charge is 0.294 e. The van der Waals surface area contributed by atoms with E-state index < -0.39 is 5.82 Å². The fourth-order valence-electron chi connectivity index (χ4n) is 1.62. The zero-order valence-corrected chi connectivity index (χ0v) is 10.6. The minimum atomic E-state index is -0.453. The van der Waals surface area contributed by atoms with Gasteiger partial charge in [-0.05, 0) is 17.7 Å². The molecule has 18 heavy (non-hydrogen) atoms. The fraction of sp³-hybridized carbons (Fsp3) is 0.231. The van der Waals surface area contributed by atoms with Crippen LogP contribution in [0.1, 0.15) is 29.3 Å². The molecule has 3 nitrogen and oxygen atoms in total. The summed E-state index contributed by atoms with van der Waals surface area (Å²) in [4.78, 5) is 11.4. The van der Waals surface area contributed by atoms with Gasteiger partial charge in [0.15, 0.2) is 5.78 Å². The minimum Gasteiger partial charge on any atom is -0.294 e. The molecule has 0 unspecified atom stereocenters. The van der Waals surface area contributed by atoms with E-state index in [1.807, 2.05) is 0 Å². The van der Waals surface area contributed by atoms with E-state index in [2.05, 4.69) is 5.10 Å². The summed E-state index contributed by atoms with van der Waals surface area (Å²) in [6, 6.07) is 4.60. The lowest BCUT2D eigenvalue weighted by atomic mass is 10.2. The van der Waals surface area contributed by atoms with Crippen LogP contribution in [0.15, 0.2) is 30.6 Å². The van der Waals surface area contributed by atoms with Crippen LogP contribution >= 0.6 is 11.6 Å². The van der Waals surface area contributed by atoms with Crippen molar-refractivity contribution in [3.8, 4) is 0 Å². The Balaban J connectivity index is 2.16. The van der Waals surface area contributed by atoms with Gasteiger partial charge in [0, 0.05) is 12.6 Å². The van der Waals surface area contributed by atoms with Gasteiger partial charge in [0.05, 0.1) is 23.3 Å². The summed E-state index contributed by atoms with van der Waals surface area (Å²) in [6.45, 7) is 2.21. The second-order valence-electron chi connectivity index (χ2n) is 3.95. The Labute approximate surface area is 109 Å². The van der Waals surface area contributed by atoms with Gasteiger partial charge in [-0.15, -0.1) is 0 Å². The summed E-state index contributed by atoms with van der Waals surface area (Å²) in [5, 5.41) is 4.17. The highest BCUT2D eigenvalue weighted by atomic mass is 35.5. The summed E-state index contributed by atoms with van der Waals surface area (Å²) < 4.78 is 14.9. The molecule has 2 aromatic rings. The van der Waals surface area contributed by atoms with Crippen molar-refractivity contribution in [2.45, 2.75) is 19.9 Å². The summed E-state index contributed by atoms with van der Waals surface area (Å²) in [7, 11) is 0. The van der Waals surface area contributed by atoms with Gasteiger partial charge in [-0.2, -0.15) is 5.10 Å². The molecule has 94 valence electrons. The van der Waals surface area contributed by atoms with Crippen molar-refractivity contribution < 1.29 is 9.18 Å². The highest BCUT2D eigenvalue weighted by molar-refractivity contribution is 6.30. The second kappa shape index (κ2) is 5.31. The van der Waals surface area contributed by atoms with E-state index in [-0.39, 0.29) is 10.8 Å². The van der Waals surface area contributed by atoms with Crippen molar-refractivity contribution >= 4 is 17.4 Å². The molecule has 0 radical (unpaired) electrons. The third-order valence-corrected chi connectivity index (χ3v) is 2.91. The van der Waals surface area contributed by atoms with Crippen molar-refractivity contribution in [1.29, 1.82) is 0 Å². The number of carbonyl (C=O) groups excluding carboxylic acids is 1. The van der Waals surface area contributed by atoms with Crippen LogP contribution in [-0.4, -0.2) is 15.6 Å². The highest BCUT2D eigenvalue weighted by Crippen LogP contribution is 2.16. The van der Waals surface area contributed by atoms with E-state index in [0.717, 1.165) is 5.56 Å². The average molecular weight is 267 g/mol. The molecule has 0 saturated heterocycles. The van der Waals surface area contributed by atoms with E-state index >= 15 is 0 Å². The number of Topliss-reactive ketones (excluding diaryl/α,β-unsaturated/α-hetero) is 1. The maximum atomic E-state index is 13.3. The predicted molar refractivity (Wildman–Crippen MR) is 67.4 cm³/mol. The standard InChI is InChI=1S/C13H12ClFN2O/c1-2-13(18)10-6-16-17(8-10)7-9-3-4-11(14)12(15)5-9/h3-6,8H,2,7H2,1H3. The topological polar surface area (TPSA) is 34.9 Å². The maximum absolute atomic E-state index is 13.3. The number of carbonyl (C=O) groups is 1. The smallest absolute Gasteiger partial charge is 0.165 e. The van der Waals surface area contributed by atoms with E-state index in [1.165, 1.54) is 18.3 Å². The predicted octanol–water partition coefficient (Wildman–Crippen LogP) is 3.32. The zero-order valence-electron chi connectivity index (χ0n) is 9.86. The normalized spacial score (nSPS) is 10.6. The number of hydrogen-bond acceptors (Lipinski definition) is 2. The number of hydrogen-bond donors (Lipinski definition) is 0. The van der Waals surface area contributed by atoms with Crippen LogP contribution in [0.3, 0.4) is 0 Å². The summed E-state index contributed by atoms with van der Waals surface area (Å²) in [5.41, 5.74) is 1.32. The summed E-state index contributed by atoms with van der Waals surface area (Å²) in [5.74, 6) is -0.408. The third kappa shape index (κ3) is 2.76. The van der Waals surface area contributed by atoms with E-state index in [1.54, 1.807) is 23.9 Å². The van der Waals surface area contributed by atoms with Crippen LogP contribution in [0.25, 0.3) is 0 Å². The molecular weight excluding hydrogens is 255 g/mol. The SMILES string of the molecule is CCC(=O)c1cnn(Cc2ccc(Cl)c(F)c2)c1. The summed E-state index contributed by atoms with van der Waals surface area (Å²) in [6.07, 6.45) is 3.64. The molecule has 1 aromatic carbocycles. The number of halogens is 2. The number of aromatic nitrogens is 2. The average Bonchev–Trinajstić information content (AvgIpc) is 2.81. The molecule has 0 atom stereocenters. The van der Waals surface area contributed by atoms with Gasteiger partial charge in [-0.3, -0.25) is 9.48 Å². The van der Waals surface area contributed by atoms with Gasteiger partial charge in [-0.25, -0.2) is 4.39 Å². The number of benzene rings is 1. The molecule has 5 heteroatoms. The molecule has 2 rings (SSSR count). The first-order valence-electron chi connectivity index (χ1n) is 5.59. The monoisotopic (exact) mass is 266 g/mol. The van der Waals surface area contributed by atoms with Gasteiger partial charge in [0.2, 0.25) is 0 Å². The first-order chi connectivity index (χ1) is 8.60. The van der Waals surface area contributed by atoms with Gasteiger partial charge in [0.25, 0.3) is 0 Å². The fourth-order valence-corrected chi connectivity index (χ4v) is 1.74. The molecule has 0 fully saturated rings. The number of rotatable bonds is 4. The lowest BCUT2D eigenvalue weighted by Crippen LogP contribution is -2.01. The van der Waals surface area contributed by atoms with Crippen LogP contribution in [0, 0.1) is 5.82 Å². The molecule has 0 N–H and O–H groups in total. The van der Waals surface area contributed by atoms with Crippen molar-refractivity contribution in [3.63, 3.8) is 0 Å². The van der Waals surface area contributed by atoms with Crippen molar-refractivity contribution in [2.75, 3.05) is 0 Å². The van der Waals surface area contributed by atoms with Crippen LogP contribution in [0.5, 0.6) is 0 Å². The minimum absolute atomic E-state index is 0.0449. The van der Waals surface area contributed by atoms with Crippen LogP contribution in [0.2, 0.25) is 5.02 Å². The molecule has 0 aliphatic heterocycles. The molecule has 0 amide bonds. The Kier molecular flexibility index (Phi) is 3.77. The van der Waals surface area contributed by atoms with Crippen molar-refractivity contribution in [3.05, 3.63) is 52.6 Å². The van der Waals surface area contributed by atoms with Crippen molar-refractivity contribution in [1.82, 2.24) is 9.78 Å².